The van der Waals surface area contributed by atoms with Crippen molar-refractivity contribution in [1.29, 1.82) is 0 Å². The lowest BCUT2D eigenvalue weighted by molar-refractivity contribution is -0.144. The maximum absolute atomic E-state index is 11.7. The summed E-state index contributed by atoms with van der Waals surface area (Å²) in [5, 5.41) is 19.6. The van der Waals surface area contributed by atoms with Crippen molar-refractivity contribution in [3.05, 3.63) is 29.3 Å². The monoisotopic (exact) mass is 277 g/mol. The first kappa shape index (κ1) is 14.9. The van der Waals surface area contributed by atoms with Gasteiger partial charge in [-0.15, -0.1) is 0 Å². The molecule has 0 bridgehead atoms. The lowest BCUT2D eigenvalue weighted by Gasteiger charge is -2.38. The summed E-state index contributed by atoms with van der Waals surface area (Å²) >= 11 is 0. The molecule has 0 amide bonds. The van der Waals surface area contributed by atoms with E-state index < -0.39 is 12.0 Å². The van der Waals surface area contributed by atoms with Crippen LogP contribution in [0.15, 0.2) is 18.2 Å². The van der Waals surface area contributed by atoms with Crippen molar-refractivity contribution in [3.8, 4) is 5.75 Å². The number of carboxylic acid groups (broad SMARTS) is 1. The van der Waals surface area contributed by atoms with Crippen molar-refractivity contribution in [2.45, 2.75) is 33.2 Å². The molecule has 1 aromatic carbocycles. The molecule has 20 heavy (non-hydrogen) atoms. The Morgan fingerprint density at radius 3 is 2.45 bits per heavy atom. The average molecular weight is 277 g/mol. The van der Waals surface area contributed by atoms with Crippen molar-refractivity contribution < 1.29 is 15.0 Å². The highest BCUT2D eigenvalue weighted by Crippen LogP contribution is 2.34. The van der Waals surface area contributed by atoms with Gasteiger partial charge in [0.25, 0.3) is 0 Å². The predicted molar refractivity (Wildman–Crippen MR) is 77.7 cm³/mol. The number of carbonyl (C=O) groups is 1. The second-order valence-corrected chi connectivity index (χ2v) is 6.20. The van der Waals surface area contributed by atoms with E-state index in [-0.39, 0.29) is 5.75 Å². The number of phenols is 1. The van der Waals surface area contributed by atoms with Crippen LogP contribution in [0.3, 0.4) is 0 Å². The van der Waals surface area contributed by atoms with Crippen molar-refractivity contribution in [1.82, 2.24) is 4.90 Å². The molecule has 1 aliphatic rings. The van der Waals surface area contributed by atoms with E-state index in [1.165, 1.54) is 0 Å². The van der Waals surface area contributed by atoms with Crippen molar-refractivity contribution in [3.63, 3.8) is 0 Å². The van der Waals surface area contributed by atoms with Gasteiger partial charge in [-0.1, -0.05) is 31.5 Å². The van der Waals surface area contributed by atoms with Crippen LogP contribution in [0.2, 0.25) is 0 Å². The molecule has 1 saturated heterocycles. The van der Waals surface area contributed by atoms with Crippen LogP contribution >= 0.6 is 0 Å². The Bertz CT molecular complexity index is 490. The van der Waals surface area contributed by atoms with Crippen LogP contribution in [-0.4, -0.2) is 34.2 Å². The zero-order chi connectivity index (χ0) is 14.9. The molecule has 1 fully saturated rings. The van der Waals surface area contributed by atoms with E-state index in [2.05, 4.69) is 13.8 Å². The first-order chi connectivity index (χ1) is 9.38. The molecule has 2 N–H and O–H groups in total. The number of rotatable bonds is 3. The van der Waals surface area contributed by atoms with Crippen LogP contribution in [-0.2, 0) is 4.79 Å². The average Bonchev–Trinajstić information content (AvgIpc) is 2.32. The standard InChI is InChI=1S/C16H23NO3/c1-10-4-5-14(18)13(7-10)15(16(19)20)17-8-11(2)6-12(3)9-17/h4-5,7,11-12,15,18H,6,8-9H2,1-3H3,(H,19,20). The Hall–Kier alpha value is -1.55. The third kappa shape index (κ3) is 3.12. The molecule has 0 aromatic heterocycles. The van der Waals surface area contributed by atoms with Crippen molar-refractivity contribution >= 4 is 5.97 Å². The Balaban J connectivity index is 2.36. The predicted octanol–water partition coefficient (Wildman–Crippen LogP) is 2.80. The van der Waals surface area contributed by atoms with E-state index >= 15 is 0 Å². The molecule has 1 heterocycles. The van der Waals surface area contributed by atoms with Gasteiger partial charge < -0.3 is 10.2 Å². The van der Waals surface area contributed by atoms with Gasteiger partial charge in [0.2, 0.25) is 0 Å². The van der Waals surface area contributed by atoms with Gasteiger partial charge in [-0.25, -0.2) is 0 Å². The summed E-state index contributed by atoms with van der Waals surface area (Å²) in [5.41, 5.74) is 1.46. The fraction of sp³-hybridized carbons (Fsp3) is 0.562. The minimum Gasteiger partial charge on any atom is -0.508 e. The molecular formula is C16H23NO3. The van der Waals surface area contributed by atoms with Crippen LogP contribution in [0.1, 0.15) is 37.4 Å². The van der Waals surface area contributed by atoms with E-state index in [4.69, 9.17) is 0 Å². The van der Waals surface area contributed by atoms with Crippen LogP contribution in [0.5, 0.6) is 5.75 Å². The largest absolute Gasteiger partial charge is 0.508 e. The summed E-state index contributed by atoms with van der Waals surface area (Å²) in [6.45, 7) is 7.72. The molecule has 4 nitrogen and oxygen atoms in total. The Morgan fingerprint density at radius 2 is 1.90 bits per heavy atom. The van der Waals surface area contributed by atoms with E-state index in [9.17, 15) is 15.0 Å². The molecule has 0 aliphatic carbocycles. The lowest BCUT2D eigenvalue weighted by Crippen LogP contribution is -2.43. The highest BCUT2D eigenvalue weighted by atomic mass is 16.4. The first-order valence-electron chi connectivity index (χ1n) is 7.15. The zero-order valence-corrected chi connectivity index (χ0v) is 12.3. The first-order valence-corrected chi connectivity index (χ1v) is 7.15. The number of piperidine rings is 1. The van der Waals surface area contributed by atoms with Crippen LogP contribution in [0.4, 0.5) is 0 Å². The number of aromatic hydroxyl groups is 1. The number of phenolic OH excluding ortho intramolecular Hbond substituents is 1. The van der Waals surface area contributed by atoms with Crippen LogP contribution in [0.25, 0.3) is 0 Å². The Labute approximate surface area is 120 Å². The van der Waals surface area contributed by atoms with Crippen LogP contribution in [0, 0.1) is 18.8 Å². The fourth-order valence-corrected chi connectivity index (χ4v) is 3.30. The molecule has 3 atom stereocenters. The maximum atomic E-state index is 11.7. The molecule has 0 radical (unpaired) electrons. The maximum Gasteiger partial charge on any atom is 0.325 e. The summed E-state index contributed by atoms with van der Waals surface area (Å²) < 4.78 is 0. The third-order valence-corrected chi connectivity index (χ3v) is 3.97. The highest BCUT2D eigenvalue weighted by Gasteiger charge is 2.34. The van der Waals surface area contributed by atoms with E-state index in [0.717, 1.165) is 25.1 Å². The SMILES string of the molecule is Cc1ccc(O)c(C(C(=O)O)N2CC(C)CC(C)C2)c1. The summed E-state index contributed by atoms with van der Waals surface area (Å²) in [6, 6.07) is 4.38. The van der Waals surface area contributed by atoms with Gasteiger partial charge in [0.15, 0.2) is 0 Å². The number of likely N-dealkylation sites (tertiary alicyclic amines) is 1. The third-order valence-electron chi connectivity index (χ3n) is 3.97. The molecule has 0 spiro atoms. The number of carboxylic acids is 1. The molecule has 0 saturated carbocycles. The van der Waals surface area contributed by atoms with Gasteiger partial charge in [0.05, 0.1) is 0 Å². The number of benzene rings is 1. The Kier molecular flexibility index (Phi) is 4.33. The number of nitrogens with zero attached hydrogens (tertiary/aromatic N) is 1. The van der Waals surface area contributed by atoms with E-state index in [1.807, 2.05) is 11.8 Å². The van der Waals surface area contributed by atoms with Crippen molar-refractivity contribution in [2.24, 2.45) is 11.8 Å². The molecule has 1 aromatic rings. The normalized spacial score (nSPS) is 25.4. The summed E-state index contributed by atoms with van der Waals surface area (Å²) in [5.74, 6) is 0.126. The van der Waals surface area contributed by atoms with Crippen molar-refractivity contribution in [2.75, 3.05) is 13.1 Å². The molecule has 110 valence electrons. The zero-order valence-electron chi connectivity index (χ0n) is 12.3. The van der Waals surface area contributed by atoms with Gasteiger partial charge in [-0.3, -0.25) is 9.69 Å². The van der Waals surface area contributed by atoms with Gasteiger partial charge in [0, 0.05) is 18.7 Å². The van der Waals surface area contributed by atoms with E-state index in [1.54, 1.807) is 18.2 Å². The van der Waals surface area contributed by atoms with Gasteiger partial charge in [-0.05, 0) is 31.2 Å². The fourth-order valence-electron chi connectivity index (χ4n) is 3.30. The molecule has 1 aliphatic heterocycles. The molecule has 3 unspecified atom stereocenters. The number of aryl methyl sites for hydroxylation is 1. The van der Waals surface area contributed by atoms with Gasteiger partial charge >= 0.3 is 5.97 Å². The topological polar surface area (TPSA) is 60.8 Å². The number of hydrogen-bond donors (Lipinski definition) is 2. The van der Waals surface area contributed by atoms with Gasteiger partial charge in [0.1, 0.15) is 11.8 Å². The minimum atomic E-state index is -0.896. The summed E-state index contributed by atoms with van der Waals surface area (Å²) in [7, 11) is 0. The highest BCUT2D eigenvalue weighted by molar-refractivity contribution is 5.76. The van der Waals surface area contributed by atoms with E-state index in [0.29, 0.717) is 17.4 Å². The minimum absolute atomic E-state index is 0.0638. The molecule has 4 heteroatoms. The number of aliphatic carboxylic acids is 1. The summed E-state index contributed by atoms with van der Waals surface area (Å²) in [6.07, 6.45) is 1.13. The second-order valence-electron chi connectivity index (χ2n) is 6.20. The molecular weight excluding hydrogens is 254 g/mol. The van der Waals surface area contributed by atoms with Crippen LogP contribution < -0.4 is 0 Å². The quantitative estimate of drug-likeness (QED) is 0.892. The Morgan fingerprint density at radius 1 is 1.30 bits per heavy atom. The summed E-state index contributed by atoms with van der Waals surface area (Å²) in [4.78, 5) is 13.7. The lowest BCUT2D eigenvalue weighted by atomic mass is 9.89. The molecule has 2 rings (SSSR count). The smallest absolute Gasteiger partial charge is 0.325 e. The van der Waals surface area contributed by atoms with Gasteiger partial charge in [-0.2, -0.15) is 0 Å². The second kappa shape index (κ2) is 5.83. The number of hydrogen-bond acceptors (Lipinski definition) is 3.